The third-order valence-electron chi connectivity index (χ3n) is 12.3. The molecule has 0 saturated heterocycles. The standard InChI is InChI=1S/C35H36FN3O5S/c1-31-17-21(19-38)25(39-24-7-5-23(36)6-8-24)16-22(31)9-11-33-20-34(31,33)28(40)18-32(2)27(33)10-12-35(32,30(42)45-15-13-37)44-29(41)26-4-3-14-43-26/h3-8,14,16,19,27-28,40H,9-12,15,17-18,20,38H2,1-2H3/t27?,28-,31-,32-,33+,34?,35-/m0/s1. The van der Waals surface area contributed by atoms with Gasteiger partial charge in [0.1, 0.15) is 5.82 Å². The molecule has 4 fully saturated rings. The first kappa shape index (κ1) is 30.0. The first-order valence-corrected chi connectivity index (χ1v) is 16.4. The first-order chi connectivity index (χ1) is 21.5. The van der Waals surface area contributed by atoms with Crippen molar-refractivity contribution in [1.29, 1.82) is 5.26 Å². The van der Waals surface area contributed by atoms with Crippen LogP contribution < -0.4 is 5.73 Å². The van der Waals surface area contributed by atoms with E-state index in [1.54, 1.807) is 24.4 Å². The maximum absolute atomic E-state index is 14.0. The van der Waals surface area contributed by atoms with E-state index in [4.69, 9.17) is 19.9 Å². The van der Waals surface area contributed by atoms with E-state index in [0.717, 1.165) is 42.3 Å². The molecule has 234 valence electrons. The molecular formula is C35H36FN3O5S. The molecule has 7 atom stereocenters. The number of ether oxygens (including phenoxy) is 1. The van der Waals surface area contributed by atoms with Crippen molar-refractivity contribution in [2.45, 2.75) is 70.5 Å². The second kappa shape index (κ2) is 10.2. The number of nitriles is 1. The fraction of sp³-hybridized carbons (Fsp3) is 0.486. The van der Waals surface area contributed by atoms with Crippen molar-refractivity contribution in [3.8, 4) is 6.07 Å². The molecule has 8 nitrogen and oxygen atoms in total. The van der Waals surface area contributed by atoms with Crippen molar-refractivity contribution < 1.29 is 28.2 Å². The average Bonchev–Trinajstić information content (AvgIpc) is 3.30. The number of carbonyl (C=O) groups is 2. The normalized spacial score (nSPS) is 39.6. The number of allylic oxidation sites excluding steroid dienone is 3. The van der Waals surface area contributed by atoms with Gasteiger partial charge in [-0.1, -0.05) is 31.2 Å². The molecule has 2 aromatic rings. The zero-order valence-corrected chi connectivity index (χ0v) is 26.2. The van der Waals surface area contributed by atoms with Crippen LogP contribution in [0.4, 0.5) is 10.1 Å². The Bertz CT molecular complexity index is 1710. The summed E-state index contributed by atoms with van der Waals surface area (Å²) in [5, 5.41) is 21.3. The highest BCUT2D eigenvalue weighted by atomic mass is 32.2. The van der Waals surface area contributed by atoms with Gasteiger partial charge in [-0.25, -0.2) is 14.2 Å². The molecule has 1 aromatic heterocycles. The number of aliphatic hydroxyl groups excluding tert-OH is 1. The Morgan fingerprint density at radius 2 is 2.04 bits per heavy atom. The topological polar surface area (TPSA) is 139 Å². The molecule has 7 rings (SSSR count). The van der Waals surface area contributed by atoms with E-state index in [2.05, 4.69) is 13.0 Å². The highest BCUT2D eigenvalue weighted by Crippen LogP contribution is 2.90. The second-order valence-electron chi connectivity index (χ2n) is 13.8. The number of hydrogen-bond acceptors (Lipinski definition) is 9. The zero-order chi connectivity index (χ0) is 31.8. The van der Waals surface area contributed by atoms with Crippen LogP contribution in [-0.4, -0.2) is 39.4 Å². The Kier molecular flexibility index (Phi) is 6.77. The third kappa shape index (κ3) is 3.89. The SMILES string of the molecule is C[C@]12CC(=CN)C(=Nc3ccc(F)cc3)C=C1CC[C@]13CC12[C@@H](O)C[C@@]1(C)C3CC[C@]1(OC(=O)c1ccco1)C(=O)SCC#N. The predicted molar refractivity (Wildman–Crippen MR) is 167 cm³/mol. The molecule has 2 unspecified atom stereocenters. The van der Waals surface area contributed by atoms with E-state index >= 15 is 0 Å². The second-order valence-corrected chi connectivity index (χ2v) is 14.8. The van der Waals surface area contributed by atoms with Gasteiger partial charge in [0, 0.05) is 16.2 Å². The number of aliphatic hydroxyl groups is 1. The minimum absolute atomic E-state index is 0.0103. The molecule has 0 radical (unpaired) electrons. The fourth-order valence-electron chi connectivity index (χ4n) is 10.4. The van der Waals surface area contributed by atoms with Crippen LogP contribution in [0.2, 0.25) is 0 Å². The Balaban J connectivity index is 1.27. The molecule has 0 aliphatic heterocycles. The minimum Gasteiger partial charge on any atom is -0.457 e. The highest BCUT2D eigenvalue weighted by Gasteiger charge is 2.88. The molecule has 0 bridgehead atoms. The lowest BCUT2D eigenvalue weighted by Gasteiger charge is -2.60. The number of esters is 1. The van der Waals surface area contributed by atoms with E-state index < -0.39 is 33.9 Å². The van der Waals surface area contributed by atoms with E-state index in [9.17, 15) is 24.3 Å². The van der Waals surface area contributed by atoms with Gasteiger partial charge in [0.05, 0.1) is 35.6 Å². The maximum Gasteiger partial charge on any atom is 0.375 e. The minimum atomic E-state index is -1.51. The van der Waals surface area contributed by atoms with Crippen molar-refractivity contribution in [2.75, 3.05) is 5.75 Å². The number of nitrogens with zero attached hydrogens (tertiary/aromatic N) is 2. The van der Waals surface area contributed by atoms with Gasteiger partial charge in [-0.15, -0.1) is 0 Å². The molecule has 4 saturated carbocycles. The van der Waals surface area contributed by atoms with Gasteiger partial charge in [-0.05, 0) is 111 Å². The number of rotatable bonds is 5. The molecule has 0 amide bonds. The predicted octanol–water partition coefficient (Wildman–Crippen LogP) is 6.40. The Morgan fingerprint density at radius 3 is 2.73 bits per heavy atom. The van der Waals surface area contributed by atoms with Crippen LogP contribution in [0, 0.1) is 44.7 Å². The van der Waals surface area contributed by atoms with Gasteiger partial charge in [-0.2, -0.15) is 5.26 Å². The summed E-state index contributed by atoms with van der Waals surface area (Å²) in [7, 11) is 0. The molecule has 0 spiro atoms. The largest absolute Gasteiger partial charge is 0.457 e. The Hall–Kier alpha value is -3.68. The number of halogens is 1. The fourth-order valence-corrected chi connectivity index (χ4v) is 11.2. The third-order valence-corrected chi connectivity index (χ3v) is 13.1. The van der Waals surface area contributed by atoms with Crippen LogP contribution in [0.15, 0.2) is 75.5 Å². The summed E-state index contributed by atoms with van der Waals surface area (Å²) >= 11 is 0.876. The van der Waals surface area contributed by atoms with E-state index in [-0.39, 0.29) is 40.2 Å². The van der Waals surface area contributed by atoms with E-state index in [1.165, 1.54) is 30.0 Å². The molecule has 5 aliphatic carbocycles. The van der Waals surface area contributed by atoms with E-state index in [0.29, 0.717) is 24.9 Å². The maximum atomic E-state index is 14.0. The lowest BCUT2D eigenvalue weighted by atomic mass is 9.45. The summed E-state index contributed by atoms with van der Waals surface area (Å²) in [5.41, 5.74) is 6.25. The summed E-state index contributed by atoms with van der Waals surface area (Å²) in [4.78, 5) is 32.2. The van der Waals surface area contributed by atoms with Crippen LogP contribution in [0.5, 0.6) is 0 Å². The molecule has 5 aliphatic rings. The van der Waals surface area contributed by atoms with Gasteiger partial charge in [0.2, 0.25) is 10.9 Å². The Morgan fingerprint density at radius 1 is 1.27 bits per heavy atom. The summed E-state index contributed by atoms with van der Waals surface area (Å²) in [5.74, 6) is -1.07. The number of nitrogens with two attached hydrogens (primary N) is 1. The lowest BCUT2D eigenvalue weighted by molar-refractivity contribution is -0.175. The van der Waals surface area contributed by atoms with Crippen LogP contribution in [0.25, 0.3) is 0 Å². The number of fused-ring (bicyclic) bond motifs is 2. The average molecular weight is 630 g/mol. The molecular weight excluding hydrogens is 593 g/mol. The molecule has 45 heavy (non-hydrogen) atoms. The molecule has 1 heterocycles. The van der Waals surface area contributed by atoms with Crippen molar-refractivity contribution in [1.82, 2.24) is 0 Å². The number of thioether (sulfide) groups is 1. The molecule has 1 aromatic carbocycles. The monoisotopic (exact) mass is 629 g/mol. The van der Waals surface area contributed by atoms with Crippen LogP contribution in [0.3, 0.4) is 0 Å². The first-order valence-electron chi connectivity index (χ1n) is 15.5. The van der Waals surface area contributed by atoms with Crippen molar-refractivity contribution >= 4 is 34.2 Å². The summed E-state index contributed by atoms with van der Waals surface area (Å²) in [6, 6.07) is 11.2. The van der Waals surface area contributed by atoms with Crippen LogP contribution >= 0.6 is 11.8 Å². The number of aliphatic imine (C=N–C) groups is 1. The zero-order valence-electron chi connectivity index (χ0n) is 25.3. The quantitative estimate of drug-likeness (QED) is 0.362. The Labute approximate surface area is 265 Å². The molecule has 10 heteroatoms. The summed E-state index contributed by atoms with van der Waals surface area (Å²) in [6.07, 6.45) is 8.63. The van der Waals surface area contributed by atoms with Crippen molar-refractivity contribution in [3.05, 3.63) is 77.7 Å². The number of benzene rings is 1. The number of hydrogen-bond donors (Lipinski definition) is 2. The number of furan rings is 1. The number of carbonyl (C=O) groups excluding carboxylic acids is 2. The highest BCUT2D eigenvalue weighted by molar-refractivity contribution is 8.14. The smallest absolute Gasteiger partial charge is 0.375 e. The lowest BCUT2D eigenvalue weighted by Crippen LogP contribution is -2.62. The van der Waals surface area contributed by atoms with Gasteiger partial charge >= 0.3 is 5.97 Å². The summed E-state index contributed by atoms with van der Waals surface area (Å²) < 4.78 is 25.1. The van der Waals surface area contributed by atoms with Crippen LogP contribution in [0.1, 0.15) is 69.3 Å². The van der Waals surface area contributed by atoms with Gasteiger partial charge in [0.15, 0.2) is 5.60 Å². The summed E-state index contributed by atoms with van der Waals surface area (Å²) in [6.45, 7) is 4.23. The van der Waals surface area contributed by atoms with Crippen molar-refractivity contribution in [2.24, 2.45) is 38.3 Å². The van der Waals surface area contributed by atoms with E-state index in [1.807, 2.05) is 13.0 Å². The van der Waals surface area contributed by atoms with Crippen LogP contribution in [-0.2, 0) is 9.53 Å². The molecule has 3 N–H and O–H groups in total. The van der Waals surface area contributed by atoms with Gasteiger partial charge in [0.25, 0.3) is 0 Å². The van der Waals surface area contributed by atoms with Gasteiger partial charge in [-0.3, -0.25) is 4.79 Å². The van der Waals surface area contributed by atoms with Crippen molar-refractivity contribution in [3.63, 3.8) is 0 Å². The van der Waals surface area contributed by atoms with Gasteiger partial charge < -0.3 is 20.0 Å².